The summed E-state index contributed by atoms with van der Waals surface area (Å²) in [5.41, 5.74) is 8.50. The number of hydrogen-bond acceptors (Lipinski definition) is 5. The summed E-state index contributed by atoms with van der Waals surface area (Å²) in [4.78, 5) is 0. The van der Waals surface area contributed by atoms with Crippen molar-refractivity contribution in [3.8, 4) is 88.3 Å². The Hall–Kier alpha value is -8.96. The lowest BCUT2D eigenvalue weighted by molar-refractivity contribution is -0.0500. The summed E-state index contributed by atoms with van der Waals surface area (Å²) in [5, 5.41) is 0. The van der Waals surface area contributed by atoms with Gasteiger partial charge in [0.05, 0.1) is 25.3 Å². The van der Waals surface area contributed by atoms with E-state index in [4.69, 9.17) is 13.7 Å². The maximum atomic E-state index is 14.1. The number of halogens is 3. The highest BCUT2D eigenvalue weighted by molar-refractivity contribution is 7.88. The third-order valence-electron chi connectivity index (χ3n) is 16.8. The summed E-state index contributed by atoms with van der Waals surface area (Å²) in [7, 11) is -3.13. The second kappa shape index (κ2) is 28.1. The van der Waals surface area contributed by atoms with E-state index >= 15 is 0 Å². The van der Waals surface area contributed by atoms with Gasteiger partial charge in [0.2, 0.25) is 0 Å². The van der Waals surface area contributed by atoms with Crippen molar-refractivity contribution >= 4 is 10.1 Å². The largest absolute Gasteiger partial charge is 0.534 e. The Bertz CT molecular complexity index is 4360. The lowest BCUT2D eigenvalue weighted by Gasteiger charge is -2.25. The van der Waals surface area contributed by atoms with Crippen LogP contribution < -0.4 is 13.7 Å². The Balaban J connectivity index is 1.46. The van der Waals surface area contributed by atoms with Gasteiger partial charge in [0.1, 0.15) is 17.2 Å². The van der Waals surface area contributed by atoms with Crippen molar-refractivity contribution in [2.24, 2.45) is 0 Å². The monoisotopic (exact) mass is 1330 g/mol. The van der Waals surface area contributed by atoms with E-state index in [9.17, 15) is 21.6 Å². The average molecular weight is 1340 g/mol. The molecule has 0 spiro atoms. The first-order valence-corrected chi connectivity index (χ1v) is 34.6. The fourth-order valence-corrected chi connectivity index (χ4v) is 10.6. The molecule has 7 aromatic rings. The quantitative estimate of drug-likeness (QED) is 0.0998. The molecular weight excluding hydrogens is 1240 g/mol. The van der Waals surface area contributed by atoms with Crippen LogP contribution in [-0.4, -0.2) is 28.1 Å². The summed E-state index contributed by atoms with van der Waals surface area (Å²) < 4.78 is 84.6. The standard InChI is InChI=1S/C89H97F3O5S/c1-81(2,3)70-40-60(41-71(54-70)82(4,5)6)27-33-64-50-68(79(95-25)52-66(64)35-29-62-44-74(85(13,14)15)56-75(45-62)86(16,17)18)37-31-58-39-59(49-78(48-58)97-98(93,94)89(90,91)92)32-38-69-51-65(34-28-61-42-72(83(7,8)9)55-73(43-61)84(10,11)12)67(53-80(69)96-26)36-30-63-46-76(87(19,20)21)57-77(47-63)88(22,23)24/h39-57H,1-26H3. The molecule has 9 heteroatoms. The molecule has 0 amide bonds. The van der Waals surface area contributed by atoms with Crippen molar-refractivity contribution in [3.05, 3.63) is 227 Å². The van der Waals surface area contributed by atoms with Crippen molar-refractivity contribution in [2.45, 2.75) is 215 Å². The minimum atomic E-state index is -6.15. The molecule has 0 radical (unpaired) electrons. The Morgan fingerprint density at radius 3 is 0.643 bits per heavy atom. The van der Waals surface area contributed by atoms with E-state index in [1.807, 2.05) is 0 Å². The average Bonchev–Trinajstić information content (AvgIpc) is 0.818. The van der Waals surface area contributed by atoms with E-state index in [-0.39, 0.29) is 54.4 Å². The van der Waals surface area contributed by atoms with Crippen molar-refractivity contribution < 1.29 is 35.2 Å². The van der Waals surface area contributed by atoms with E-state index < -0.39 is 21.4 Å². The molecule has 0 saturated heterocycles. The van der Waals surface area contributed by atoms with Crippen molar-refractivity contribution in [1.82, 2.24) is 0 Å². The van der Waals surface area contributed by atoms with Gasteiger partial charge in [-0.3, -0.25) is 0 Å². The molecule has 0 fully saturated rings. The van der Waals surface area contributed by atoms with Gasteiger partial charge in [-0.15, -0.1) is 0 Å². The molecule has 5 nitrogen and oxygen atoms in total. The van der Waals surface area contributed by atoms with E-state index in [1.165, 1.54) is 20.3 Å². The molecule has 510 valence electrons. The number of ether oxygens (including phenoxy) is 2. The maximum absolute atomic E-state index is 14.1. The van der Waals surface area contributed by atoms with Crippen LogP contribution in [0.25, 0.3) is 0 Å². The molecule has 0 aliphatic heterocycles. The Labute approximate surface area is 586 Å². The van der Waals surface area contributed by atoms with E-state index in [0.717, 1.165) is 78.9 Å². The van der Waals surface area contributed by atoms with Gasteiger partial charge in [0, 0.05) is 55.6 Å². The zero-order chi connectivity index (χ0) is 73.3. The zero-order valence-electron chi connectivity index (χ0n) is 62.6. The summed E-state index contributed by atoms with van der Waals surface area (Å²) in [5.74, 6) is 40.0. The number of hydrogen-bond donors (Lipinski definition) is 0. The van der Waals surface area contributed by atoms with Crippen LogP contribution in [0.3, 0.4) is 0 Å². The van der Waals surface area contributed by atoms with Crippen LogP contribution in [0, 0.1) is 71.0 Å². The third-order valence-corrected chi connectivity index (χ3v) is 17.8. The number of alkyl halides is 3. The summed E-state index contributed by atoms with van der Waals surface area (Å²) in [6.07, 6.45) is 0. The fraction of sp³-hybridized carbons (Fsp3) is 0.393. The molecule has 0 aromatic heterocycles. The van der Waals surface area contributed by atoms with Crippen molar-refractivity contribution in [1.29, 1.82) is 0 Å². The van der Waals surface area contributed by atoms with Crippen LogP contribution >= 0.6 is 0 Å². The molecule has 0 N–H and O–H groups in total. The van der Waals surface area contributed by atoms with Gasteiger partial charge < -0.3 is 13.7 Å². The lowest BCUT2D eigenvalue weighted by Crippen LogP contribution is -2.28. The highest BCUT2D eigenvalue weighted by Gasteiger charge is 2.48. The number of rotatable bonds is 4. The molecule has 0 atom stereocenters. The number of benzene rings is 7. The third kappa shape index (κ3) is 20.1. The predicted octanol–water partition coefficient (Wildman–Crippen LogP) is 20.7. The first kappa shape index (κ1) is 76.4. The second-order valence-electron chi connectivity index (χ2n) is 33.6. The molecule has 7 aromatic carbocycles. The number of methoxy groups -OCH3 is 2. The SMILES string of the molecule is COc1cc(C#Cc2cc(C(C)(C)C)cc(C(C)(C)C)c2)c(C#Cc2cc(C(C)(C)C)cc(C(C)(C)C)c2)cc1C#Cc1cc(C#Cc2cc(C#Cc3cc(C(C)(C)C)cc(C(C)(C)C)c3)c(C#Cc3cc(C(C)(C)C)cc(C(C)(C)C)c3)cc2OC)cc(OS(=O)(=O)C(F)(F)F)c1. The minimum Gasteiger partial charge on any atom is -0.495 e. The highest BCUT2D eigenvalue weighted by atomic mass is 32.2. The Morgan fingerprint density at radius 1 is 0.255 bits per heavy atom. The van der Waals surface area contributed by atoms with Gasteiger partial charge in [0.15, 0.2) is 0 Å². The summed E-state index contributed by atoms with van der Waals surface area (Å²) >= 11 is 0. The van der Waals surface area contributed by atoms with Crippen molar-refractivity contribution in [3.63, 3.8) is 0 Å². The highest BCUT2D eigenvalue weighted by Crippen LogP contribution is 2.37. The predicted molar refractivity (Wildman–Crippen MR) is 399 cm³/mol. The molecule has 98 heavy (non-hydrogen) atoms. The Morgan fingerprint density at radius 2 is 0.449 bits per heavy atom. The van der Waals surface area contributed by atoms with Crippen LogP contribution in [0.15, 0.2) is 115 Å². The van der Waals surface area contributed by atoms with Crippen LogP contribution in [-0.2, 0) is 53.4 Å². The summed E-state index contributed by atoms with van der Waals surface area (Å²) in [6.45, 7) is 52.2. The molecular formula is C89H97F3O5S. The normalized spacial score (nSPS) is 12.3. The second-order valence-corrected chi connectivity index (χ2v) is 35.2. The first-order chi connectivity index (χ1) is 44.8. The molecule has 0 unspecified atom stereocenters. The lowest BCUT2D eigenvalue weighted by atomic mass is 9.79. The van der Waals surface area contributed by atoms with Gasteiger partial charge in [-0.25, -0.2) is 0 Å². The topological polar surface area (TPSA) is 61.8 Å². The zero-order valence-corrected chi connectivity index (χ0v) is 63.4. The Kier molecular flexibility index (Phi) is 21.9. The van der Waals surface area contributed by atoms with E-state index in [0.29, 0.717) is 44.9 Å². The minimum absolute atomic E-state index is 0.0752. The molecule has 0 bridgehead atoms. The summed E-state index contributed by atoms with van der Waals surface area (Å²) in [6, 6.07) is 36.8. The van der Waals surface area contributed by atoms with Crippen LogP contribution in [0.2, 0.25) is 0 Å². The van der Waals surface area contributed by atoms with Gasteiger partial charge in [-0.1, -0.05) is 261 Å². The van der Waals surface area contributed by atoms with Gasteiger partial charge >= 0.3 is 15.6 Å². The van der Waals surface area contributed by atoms with Gasteiger partial charge in [0.25, 0.3) is 0 Å². The smallest absolute Gasteiger partial charge is 0.495 e. The van der Waals surface area contributed by atoms with E-state index in [2.05, 4.69) is 310 Å². The van der Waals surface area contributed by atoms with E-state index in [1.54, 1.807) is 24.3 Å². The van der Waals surface area contributed by atoms with Gasteiger partial charge in [-0.2, -0.15) is 21.6 Å². The first-order valence-electron chi connectivity index (χ1n) is 33.2. The van der Waals surface area contributed by atoms with Crippen LogP contribution in [0.1, 0.15) is 277 Å². The van der Waals surface area contributed by atoms with Crippen LogP contribution in [0.5, 0.6) is 17.2 Å². The van der Waals surface area contributed by atoms with Crippen molar-refractivity contribution in [2.75, 3.05) is 14.2 Å². The molecule has 0 saturated carbocycles. The molecule has 0 heterocycles. The maximum Gasteiger partial charge on any atom is 0.534 e. The fourth-order valence-electron chi connectivity index (χ4n) is 10.2. The molecule has 0 aliphatic rings. The van der Waals surface area contributed by atoms with Gasteiger partial charge in [-0.05, 0) is 179 Å². The van der Waals surface area contributed by atoms with Crippen LogP contribution in [0.4, 0.5) is 13.2 Å². The molecule has 0 aliphatic carbocycles. The molecule has 7 rings (SSSR count).